The van der Waals surface area contributed by atoms with Gasteiger partial charge in [-0.1, -0.05) is 30.3 Å². The van der Waals surface area contributed by atoms with Gasteiger partial charge in [0.1, 0.15) is 0 Å². The van der Waals surface area contributed by atoms with E-state index in [-0.39, 0.29) is 5.78 Å². The summed E-state index contributed by atoms with van der Waals surface area (Å²) < 4.78 is 0. The Morgan fingerprint density at radius 3 is 2.71 bits per heavy atom. The van der Waals surface area contributed by atoms with E-state index in [0.29, 0.717) is 6.42 Å². The van der Waals surface area contributed by atoms with Crippen LogP contribution < -0.4 is 0 Å². The SMILES string of the molecule is O=C1C=CN=C(Cc2ccccc2)C1. The lowest BCUT2D eigenvalue weighted by molar-refractivity contribution is -0.113. The van der Waals surface area contributed by atoms with Gasteiger partial charge < -0.3 is 0 Å². The molecule has 0 radical (unpaired) electrons. The number of carbonyl (C=O) groups excluding carboxylic acids is 1. The molecule has 2 rings (SSSR count). The second-order valence-electron chi connectivity index (χ2n) is 3.32. The Balaban J connectivity index is 2.09. The molecule has 1 aromatic rings. The van der Waals surface area contributed by atoms with Gasteiger partial charge in [-0.15, -0.1) is 0 Å². The second kappa shape index (κ2) is 4.01. The molecule has 0 unspecified atom stereocenters. The molecule has 0 aliphatic carbocycles. The van der Waals surface area contributed by atoms with E-state index in [1.54, 1.807) is 6.20 Å². The van der Waals surface area contributed by atoms with Gasteiger partial charge in [-0.3, -0.25) is 9.79 Å². The minimum absolute atomic E-state index is 0.144. The van der Waals surface area contributed by atoms with Crippen molar-refractivity contribution in [2.24, 2.45) is 4.99 Å². The quantitative estimate of drug-likeness (QED) is 0.694. The molecule has 1 heterocycles. The summed E-state index contributed by atoms with van der Waals surface area (Å²) in [5.74, 6) is 0.144. The lowest BCUT2D eigenvalue weighted by atomic mass is 10.0. The molecule has 0 spiro atoms. The summed E-state index contributed by atoms with van der Waals surface area (Å²) in [5, 5.41) is 0. The lowest BCUT2D eigenvalue weighted by Gasteiger charge is -2.06. The van der Waals surface area contributed by atoms with Crippen LogP contribution >= 0.6 is 0 Å². The van der Waals surface area contributed by atoms with Crippen molar-refractivity contribution in [2.45, 2.75) is 12.8 Å². The monoisotopic (exact) mass is 185 g/mol. The smallest absolute Gasteiger partial charge is 0.162 e. The fraction of sp³-hybridized carbons (Fsp3) is 0.167. The van der Waals surface area contributed by atoms with Crippen LogP contribution in [0.3, 0.4) is 0 Å². The minimum atomic E-state index is 0.144. The third kappa shape index (κ3) is 2.16. The Hall–Kier alpha value is -1.70. The molecular formula is C12H11NO. The van der Waals surface area contributed by atoms with Gasteiger partial charge in [0, 0.05) is 24.8 Å². The summed E-state index contributed by atoms with van der Waals surface area (Å²) in [6, 6.07) is 10.1. The number of hydrogen-bond donors (Lipinski definition) is 0. The highest BCUT2D eigenvalue weighted by Crippen LogP contribution is 2.07. The van der Waals surface area contributed by atoms with E-state index < -0.39 is 0 Å². The molecule has 2 heteroatoms. The fourth-order valence-electron chi connectivity index (χ4n) is 1.47. The van der Waals surface area contributed by atoms with E-state index >= 15 is 0 Å². The third-order valence-electron chi connectivity index (χ3n) is 2.15. The zero-order valence-electron chi connectivity index (χ0n) is 7.81. The van der Waals surface area contributed by atoms with Gasteiger partial charge in [0.2, 0.25) is 0 Å². The van der Waals surface area contributed by atoms with E-state index in [1.165, 1.54) is 11.6 Å². The lowest BCUT2D eigenvalue weighted by Crippen LogP contribution is -2.11. The van der Waals surface area contributed by atoms with Gasteiger partial charge in [0.05, 0.1) is 0 Å². The van der Waals surface area contributed by atoms with Crippen molar-refractivity contribution >= 4 is 11.5 Å². The number of hydrogen-bond acceptors (Lipinski definition) is 2. The standard InChI is InChI=1S/C12H11NO/c14-12-6-7-13-11(9-12)8-10-4-2-1-3-5-10/h1-7H,8-9H2. The summed E-state index contributed by atoms with van der Waals surface area (Å²) in [6.07, 6.45) is 4.35. The first kappa shape index (κ1) is 8.88. The molecule has 0 saturated heterocycles. The first-order valence-corrected chi connectivity index (χ1v) is 4.63. The summed E-state index contributed by atoms with van der Waals surface area (Å²) in [5.41, 5.74) is 2.15. The second-order valence-corrected chi connectivity index (χ2v) is 3.32. The van der Waals surface area contributed by atoms with Gasteiger partial charge >= 0.3 is 0 Å². The molecule has 0 bridgehead atoms. The van der Waals surface area contributed by atoms with Crippen LogP contribution in [-0.4, -0.2) is 11.5 Å². The fourth-order valence-corrected chi connectivity index (χ4v) is 1.47. The molecular weight excluding hydrogens is 174 g/mol. The van der Waals surface area contributed by atoms with Gasteiger partial charge in [0.15, 0.2) is 5.78 Å². The van der Waals surface area contributed by atoms with Crippen molar-refractivity contribution in [3.63, 3.8) is 0 Å². The first-order valence-electron chi connectivity index (χ1n) is 4.63. The van der Waals surface area contributed by atoms with Crippen LogP contribution in [0.15, 0.2) is 47.6 Å². The third-order valence-corrected chi connectivity index (χ3v) is 2.15. The normalized spacial score (nSPS) is 15.4. The number of allylic oxidation sites excluding steroid dienone is 1. The van der Waals surface area contributed by atoms with E-state index in [4.69, 9.17) is 0 Å². The molecule has 0 aromatic heterocycles. The Bertz CT molecular complexity index is 390. The molecule has 0 atom stereocenters. The largest absolute Gasteiger partial charge is 0.294 e. The highest BCUT2D eigenvalue weighted by Gasteiger charge is 2.08. The first-order chi connectivity index (χ1) is 6.84. The van der Waals surface area contributed by atoms with E-state index in [2.05, 4.69) is 4.99 Å². The van der Waals surface area contributed by atoms with Crippen molar-refractivity contribution in [1.29, 1.82) is 0 Å². The van der Waals surface area contributed by atoms with Crippen LogP contribution in [0, 0.1) is 0 Å². The molecule has 14 heavy (non-hydrogen) atoms. The van der Waals surface area contributed by atoms with Crippen LogP contribution in [0.5, 0.6) is 0 Å². The molecule has 0 N–H and O–H groups in total. The maximum absolute atomic E-state index is 11.1. The number of carbonyl (C=O) groups is 1. The zero-order chi connectivity index (χ0) is 9.80. The predicted octanol–water partition coefficient (Wildman–Crippen LogP) is 2.16. The van der Waals surface area contributed by atoms with Crippen LogP contribution in [0.4, 0.5) is 0 Å². The average molecular weight is 185 g/mol. The van der Waals surface area contributed by atoms with Crippen molar-refractivity contribution in [3.8, 4) is 0 Å². The molecule has 2 nitrogen and oxygen atoms in total. The highest BCUT2D eigenvalue weighted by atomic mass is 16.1. The summed E-state index contributed by atoms with van der Waals surface area (Å²) in [4.78, 5) is 15.3. The zero-order valence-corrected chi connectivity index (χ0v) is 7.81. The number of ketones is 1. The number of nitrogens with zero attached hydrogens (tertiary/aromatic N) is 1. The Morgan fingerprint density at radius 2 is 2.00 bits per heavy atom. The van der Waals surface area contributed by atoms with E-state index in [0.717, 1.165) is 12.1 Å². The van der Waals surface area contributed by atoms with Gasteiger partial charge in [-0.05, 0) is 11.6 Å². The maximum atomic E-state index is 11.1. The topological polar surface area (TPSA) is 29.4 Å². The maximum Gasteiger partial charge on any atom is 0.162 e. The summed E-state index contributed by atoms with van der Waals surface area (Å²) in [6.45, 7) is 0. The van der Waals surface area contributed by atoms with Crippen molar-refractivity contribution in [1.82, 2.24) is 0 Å². The highest BCUT2D eigenvalue weighted by molar-refractivity contribution is 6.09. The Labute approximate surface area is 83.0 Å². The van der Waals surface area contributed by atoms with Crippen LogP contribution in [0.2, 0.25) is 0 Å². The van der Waals surface area contributed by atoms with Gasteiger partial charge in [-0.2, -0.15) is 0 Å². The van der Waals surface area contributed by atoms with E-state index in [9.17, 15) is 4.79 Å². The number of rotatable bonds is 2. The number of benzene rings is 1. The average Bonchev–Trinajstić information content (AvgIpc) is 2.19. The van der Waals surface area contributed by atoms with Crippen molar-refractivity contribution in [2.75, 3.05) is 0 Å². The summed E-state index contributed by atoms with van der Waals surface area (Å²) in [7, 11) is 0. The van der Waals surface area contributed by atoms with Crippen LogP contribution in [-0.2, 0) is 11.2 Å². The molecule has 1 aliphatic heterocycles. The van der Waals surface area contributed by atoms with Gasteiger partial charge in [0.25, 0.3) is 0 Å². The molecule has 0 amide bonds. The van der Waals surface area contributed by atoms with Crippen LogP contribution in [0.25, 0.3) is 0 Å². The van der Waals surface area contributed by atoms with Crippen LogP contribution in [0.1, 0.15) is 12.0 Å². The Kier molecular flexibility index (Phi) is 2.54. The molecule has 70 valence electrons. The van der Waals surface area contributed by atoms with Crippen molar-refractivity contribution in [3.05, 3.63) is 48.2 Å². The molecule has 1 aliphatic rings. The minimum Gasteiger partial charge on any atom is -0.294 e. The Morgan fingerprint density at radius 1 is 1.21 bits per heavy atom. The number of aliphatic imine (C=N–C) groups is 1. The van der Waals surface area contributed by atoms with E-state index in [1.807, 2.05) is 30.3 Å². The predicted molar refractivity (Wildman–Crippen MR) is 56.3 cm³/mol. The van der Waals surface area contributed by atoms with Gasteiger partial charge in [-0.25, -0.2) is 0 Å². The molecule has 0 saturated carbocycles. The molecule has 0 fully saturated rings. The van der Waals surface area contributed by atoms with Crippen molar-refractivity contribution < 1.29 is 4.79 Å². The molecule has 1 aromatic carbocycles. The summed E-state index contributed by atoms with van der Waals surface area (Å²) >= 11 is 0.